The molecule has 0 bridgehead atoms. The highest BCUT2D eigenvalue weighted by Gasteiger charge is 2.28. The predicted octanol–water partition coefficient (Wildman–Crippen LogP) is 4.47. The Kier molecular flexibility index (Phi) is 6.46. The van der Waals surface area contributed by atoms with Crippen molar-refractivity contribution in [2.75, 3.05) is 13.2 Å². The van der Waals surface area contributed by atoms with Crippen molar-refractivity contribution >= 4 is 11.3 Å². The van der Waals surface area contributed by atoms with Crippen LogP contribution in [0, 0.1) is 5.92 Å². The van der Waals surface area contributed by atoms with Crippen LogP contribution in [-0.4, -0.2) is 18.1 Å². The van der Waals surface area contributed by atoms with Gasteiger partial charge in [-0.15, -0.1) is 11.3 Å². The maximum atomic E-state index is 6.05. The molecule has 1 aromatic heterocycles. The van der Waals surface area contributed by atoms with Gasteiger partial charge in [0.25, 0.3) is 0 Å². The van der Waals surface area contributed by atoms with Crippen LogP contribution in [0.4, 0.5) is 0 Å². The summed E-state index contributed by atoms with van der Waals surface area (Å²) in [6.07, 6.45) is 6.88. The van der Waals surface area contributed by atoms with Crippen LogP contribution < -0.4 is 5.32 Å². The fourth-order valence-electron chi connectivity index (χ4n) is 3.07. The van der Waals surface area contributed by atoms with E-state index in [1.54, 1.807) is 11.3 Å². The molecule has 0 aliphatic heterocycles. The van der Waals surface area contributed by atoms with E-state index in [4.69, 9.17) is 9.72 Å². The van der Waals surface area contributed by atoms with Gasteiger partial charge in [-0.3, -0.25) is 0 Å². The summed E-state index contributed by atoms with van der Waals surface area (Å²) in [6, 6.07) is 0.332. The number of thiazole rings is 1. The van der Waals surface area contributed by atoms with Crippen molar-refractivity contribution < 1.29 is 4.74 Å². The zero-order valence-corrected chi connectivity index (χ0v) is 13.8. The van der Waals surface area contributed by atoms with E-state index >= 15 is 0 Å². The predicted molar refractivity (Wildman–Crippen MR) is 85.1 cm³/mol. The molecule has 0 radical (unpaired) electrons. The van der Waals surface area contributed by atoms with Crippen molar-refractivity contribution in [2.24, 2.45) is 5.92 Å². The third-order valence-corrected chi connectivity index (χ3v) is 5.09. The zero-order chi connectivity index (χ0) is 14.4. The van der Waals surface area contributed by atoms with Crippen molar-refractivity contribution in [2.45, 2.75) is 65.0 Å². The number of nitrogens with zero attached hydrogens (tertiary/aromatic N) is 1. The first-order chi connectivity index (χ1) is 9.76. The molecule has 0 amide bonds. The Morgan fingerprint density at radius 1 is 1.35 bits per heavy atom. The lowest BCUT2D eigenvalue weighted by atomic mass is 9.85. The maximum absolute atomic E-state index is 6.05. The number of aromatic nitrogens is 1. The van der Waals surface area contributed by atoms with Gasteiger partial charge < -0.3 is 10.1 Å². The Morgan fingerprint density at radius 2 is 2.10 bits per heavy atom. The smallest absolute Gasteiger partial charge is 0.122 e. The number of hydrogen-bond acceptors (Lipinski definition) is 4. The van der Waals surface area contributed by atoms with Crippen LogP contribution in [0.1, 0.15) is 75.7 Å². The minimum absolute atomic E-state index is 0.216. The highest BCUT2D eigenvalue weighted by molar-refractivity contribution is 7.09. The number of nitrogens with one attached hydrogen (secondary N) is 1. The summed E-state index contributed by atoms with van der Waals surface area (Å²) in [5.41, 5.74) is 1.16. The van der Waals surface area contributed by atoms with Crippen molar-refractivity contribution in [1.29, 1.82) is 0 Å². The number of rotatable bonds is 7. The first-order valence-corrected chi connectivity index (χ1v) is 8.94. The van der Waals surface area contributed by atoms with Crippen molar-refractivity contribution in [3.8, 4) is 0 Å². The van der Waals surface area contributed by atoms with Crippen molar-refractivity contribution in [3.63, 3.8) is 0 Å². The van der Waals surface area contributed by atoms with E-state index in [1.807, 2.05) is 0 Å². The lowest BCUT2D eigenvalue weighted by molar-refractivity contribution is 0.00539. The summed E-state index contributed by atoms with van der Waals surface area (Å²) in [4.78, 5) is 4.85. The Hall–Kier alpha value is -0.450. The lowest BCUT2D eigenvalue weighted by Crippen LogP contribution is -2.20. The molecule has 114 valence electrons. The second-order valence-electron chi connectivity index (χ2n) is 5.66. The summed E-state index contributed by atoms with van der Waals surface area (Å²) >= 11 is 1.77. The average molecular weight is 296 g/mol. The molecule has 1 heterocycles. The standard InChI is InChI=1S/C16H28N2OS/c1-4-17-12(3)14-11-20-16(18-14)15(19-5-2)13-9-7-6-8-10-13/h11-13,15,17H,4-10H2,1-3H3. The lowest BCUT2D eigenvalue weighted by Gasteiger charge is -2.28. The molecular formula is C16H28N2OS. The van der Waals surface area contributed by atoms with E-state index in [1.165, 1.54) is 37.1 Å². The van der Waals surface area contributed by atoms with E-state index < -0.39 is 0 Å². The summed E-state index contributed by atoms with van der Waals surface area (Å²) in [6.45, 7) is 8.16. The van der Waals surface area contributed by atoms with E-state index in [2.05, 4.69) is 31.5 Å². The normalized spacial score (nSPS) is 19.9. The van der Waals surface area contributed by atoms with E-state index in [0.29, 0.717) is 12.0 Å². The second-order valence-corrected chi connectivity index (χ2v) is 6.55. The molecular weight excluding hydrogens is 268 g/mol. The molecule has 3 nitrogen and oxygen atoms in total. The van der Waals surface area contributed by atoms with Gasteiger partial charge in [-0.25, -0.2) is 4.98 Å². The minimum Gasteiger partial charge on any atom is -0.371 e. The van der Waals surface area contributed by atoms with Gasteiger partial charge in [0.2, 0.25) is 0 Å². The van der Waals surface area contributed by atoms with E-state index in [9.17, 15) is 0 Å². The fraction of sp³-hybridized carbons (Fsp3) is 0.812. The third-order valence-electron chi connectivity index (χ3n) is 4.16. The van der Waals surface area contributed by atoms with Gasteiger partial charge in [-0.2, -0.15) is 0 Å². The molecule has 0 saturated heterocycles. The quantitative estimate of drug-likeness (QED) is 0.806. The maximum Gasteiger partial charge on any atom is 0.122 e. The largest absolute Gasteiger partial charge is 0.371 e. The molecule has 2 rings (SSSR count). The van der Waals surface area contributed by atoms with Gasteiger partial charge in [0.15, 0.2) is 0 Å². The number of ether oxygens (including phenoxy) is 1. The Bertz CT molecular complexity index is 388. The Morgan fingerprint density at radius 3 is 2.75 bits per heavy atom. The topological polar surface area (TPSA) is 34.1 Å². The molecule has 0 spiro atoms. The summed E-state index contributed by atoms with van der Waals surface area (Å²) in [5, 5.41) is 6.80. The Balaban J connectivity index is 2.08. The van der Waals surface area contributed by atoms with Gasteiger partial charge >= 0.3 is 0 Å². The van der Waals surface area contributed by atoms with Gasteiger partial charge in [0.05, 0.1) is 5.69 Å². The number of hydrogen-bond donors (Lipinski definition) is 1. The molecule has 1 fully saturated rings. The second kappa shape index (κ2) is 8.11. The summed E-state index contributed by atoms with van der Waals surface area (Å²) in [5.74, 6) is 0.664. The molecule has 1 aliphatic rings. The third kappa shape index (κ3) is 4.03. The van der Waals surface area contributed by atoms with Crippen LogP contribution in [0.25, 0.3) is 0 Å². The SMILES string of the molecule is CCNC(C)c1csc(C(OCC)C2CCCCC2)n1. The van der Waals surface area contributed by atoms with Crippen molar-refractivity contribution in [1.82, 2.24) is 10.3 Å². The summed E-state index contributed by atoms with van der Waals surface area (Å²) in [7, 11) is 0. The van der Waals surface area contributed by atoms with Crippen LogP contribution in [-0.2, 0) is 4.74 Å². The average Bonchev–Trinajstić information content (AvgIpc) is 2.95. The van der Waals surface area contributed by atoms with Gasteiger partial charge in [-0.05, 0) is 39.2 Å². The molecule has 1 aromatic rings. The summed E-state index contributed by atoms with van der Waals surface area (Å²) < 4.78 is 6.05. The zero-order valence-electron chi connectivity index (χ0n) is 13.0. The monoisotopic (exact) mass is 296 g/mol. The molecule has 0 aromatic carbocycles. The van der Waals surface area contributed by atoms with Crippen LogP contribution in [0.15, 0.2) is 5.38 Å². The molecule has 1 saturated carbocycles. The first-order valence-electron chi connectivity index (χ1n) is 8.06. The van der Waals surface area contributed by atoms with Crippen molar-refractivity contribution in [3.05, 3.63) is 16.1 Å². The van der Waals surface area contributed by atoms with Crippen LogP contribution >= 0.6 is 11.3 Å². The molecule has 2 atom stereocenters. The molecule has 20 heavy (non-hydrogen) atoms. The molecule has 4 heteroatoms. The van der Waals surface area contributed by atoms with Gasteiger partial charge in [0.1, 0.15) is 11.1 Å². The fourth-order valence-corrected chi connectivity index (χ4v) is 4.12. The van der Waals surface area contributed by atoms with Gasteiger partial charge in [0, 0.05) is 18.0 Å². The van der Waals surface area contributed by atoms with Crippen LogP contribution in [0.2, 0.25) is 0 Å². The minimum atomic E-state index is 0.216. The van der Waals surface area contributed by atoms with Crippen LogP contribution in [0.5, 0.6) is 0 Å². The molecule has 1 N–H and O–H groups in total. The molecule has 2 unspecified atom stereocenters. The highest BCUT2D eigenvalue weighted by Crippen LogP contribution is 2.38. The van der Waals surface area contributed by atoms with Gasteiger partial charge in [-0.1, -0.05) is 26.2 Å². The van der Waals surface area contributed by atoms with E-state index in [0.717, 1.165) is 18.8 Å². The van der Waals surface area contributed by atoms with Crippen LogP contribution in [0.3, 0.4) is 0 Å². The first kappa shape index (κ1) is 15.9. The highest BCUT2D eigenvalue weighted by atomic mass is 32.1. The van der Waals surface area contributed by atoms with E-state index in [-0.39, 0.29) is 6.10 Å². The molecule has 1 aliphatic carbocycles. The Labute approximate surface area is 127 Å².